The number of carbonyl (C=O) groups is 1. The maximum atomic E-state index is 13.5. The molecule has 5 nitrogen and oxygen atoms in total. The zero-order chi connectivity index (χ0) is 17.5. The minimum atomic E-state index is -0.809. The second-order valence-corrected chi connectivity index (χ2v) is 4.89. The number of anilines is 2. The monoisotopic (exact) mass is 336 g/mol. The first kappa shape index (κ1) is 17.5. The summed E-state index contributed by atoms with van der Waals surface area (Å²) in [5.74, 6) is -0.962. The summed E-state index contributed by atoms with van der Waals surface area (Å²) in [6, 6.07) is 8.64. The van der Waals surface area contributed by atoms with E-state index in [2.05, 4.69) is 10.6 Å². The molecule has 0 bridgehead atoms. The van der Waals surface area contributed by atoms with Crippen LogP contribution in [0.25, 0.3) is 0 Å². The number of methoxy groups -OCH3 is 2. The molecule has 0 aliphatic rings. The Bertz CT molecular complexity index is 703. The lowest BCUT2D eigenvalue weighted by molar-refractivity contribution is -0.116. The molecule has 2 aromatic carbocycles. The van der Waals surface area contributed by atoms with Crippen LogP contribution in [-0.4, -0.2) is 26.7 Å². The molecule has 1 amide bonds. The average Bonchev–Trinajstić information content (AvgIpc) is 2.58. The Balaban J connectivity index is 1.89. The number of hydrogen-bond donors (Lipinski definition) is 2. The van der Waals surface area contributed by atoms with Crippen LogP contribution in [0.5, 0.6) is 11.5 Å². The van der Waals surface area contributed by atoms with Gasteiger partial charge in [-0.3, -0.25) is 4.79 Å². The van der Waals surface area contributed by atoms with Gasteiger partial charge in [0.25, 0.3) is 0 Å². The lowest BCUT2D eigenvalue weighted by atomic mass is 10.2. The number of ether oxygens (including phenoxy) is 2. The molecule has 0 saturated carbocycles. The first-order chi connectivity index (χ1) is 11.5. The summed E-state index contributed by atoms with van der Waals surface area (Å²) >= 11 is 0. The zero-order valence-electron chi connectivity index (χ0n) is 13.4. The summed E-state index contributed by atoms with van der Waals surface area (Å²) < 4.78 is 37.2. The molecule has 7 heteroatoms. The van der Waals surface area contributed by atoms with Gasteiger partial charge >= 0.3 is 0 Å². The molecule has 0 saturated heterocycles. The number of hydrogen-bond acceptors (Lipinski definition) is 4. The van der Waals surface area contributed by atoms with Crippen LogP contribution in [0.4, 0.5) is 20.2 Å². The van der Waals surface area contributed by atoms with E-state index in [1.54, 1.807) is 18.2 Å². The van der Waals surface area contributed by atoms with Gasteiger partial charge in [-0.15, -0.1) is 0 Å². The fourth-order valence-corrected chi connectivity index (χ4v) is 2.09. The topological polar surface area (TPSA) is 59.6 Å². The number of para-hydroxylation sites is 1. The first-order valence-corrected chi connectivity index (χ1v) is 7.25. The molecule has 0 aliphatic carbocycles. The molecule has 2 N–H and O–H groups in total. The quantitative estimate of drug-likeness (QED) is 0.813. The van der Waals surface area contributed by atoms with Crippen LogP contribution < -0.4 is 20.1 Å². The lowest BCUT2D eigenvalue weighted by Crippen LogP contribution is -2.17. The third-order valence-electron chi connectivity index (χ3n) is 3.29. The normalized spacial score (nSPS) is 10.2. The van der Waals surface area contributed by atoms with E-state index in [9.17, 15) is 13.6 Å². The molecule has 128 valence electrons. The number of rotatable bonds is 7. The van der Waals surface area contributed by atoms with Crippen molar-refractivity contribution >= 4 is 17.3 Å². The molecule has 0 aliphatic heterocycles. The van der Waals surface area contributed by atoms with Crippen molar-refractivity contribution in [2.45, 2.75) is 6.42 Å². The second kappa shape index (κ2) is 8.14. The van der Waals surface area contributed by atoms with Crippen LogP contribution in [0.1, 0.15) is 6.42 Å². The molecule has 2 aromatic rings. The van der Waals surface area contributed by atoms with E-state index in [4.69, 9.17) is 9.47 Å². The van der Waals surface area contributed by atoms with Crippen LogP contribution >= 0.6 is 0 Å². The molecule has 0 atom stereocenters. The number of amides is 1. The van der Waals surface area contributed by atoms with Crippen LogP contribution in [-0.2, 0) is 4.79 Å². The van der Waals surface area contributed by atoms with Gasteiger partial charge in [-0.1, -0.05) is 6.07 Å². The van der Waals surface area contributed by atoms with Crippen molar-refractivity contribution in [1.82, 2.24) is 0 Å². The molecule has 0 radical (unpaired) electrons. The Morgan fingerprint density at radius 3 is 2.33 bits per heavy atom. The third kappa shape index (κ3) is 4.34. The van der Waals surface area contributed by atoms with Crippen molar-refractivity contribution in [2.75, 3.05) is 31.4 Å². The number of benzene rings is 2. The van der Waals surface area contributed by atoms with Gasteiger partial charge < -0.3 is 20.1 Å². The summed E-state index contributed by atoms with van der Waals surface area (Å²) in [5.41, 5.74) is 0.297. The first-order valence-electron chi connectivity index (χ1n) is 7.25. The Hall–Kier alpha value is -2.83. The molecule has 0 unspecified atom stereocenters. The van der Waals surface area contributed by atoms with Crippen molar-refractivity contribution in [2.24, 2.45) is 0 Å². The Morgan fingerprint density at radius 1 is 1.04 bits per heavy atom. The molecule has 0 heterocycles. The van der Waals surface area contributed by atoms with Crippen molar-refractivity contribution in [3.8, 4) is 11.5 Å². The van der Waals surface area contributed by atoms with Gasteiger partial charge in [0.2, 0.25) is 5.91 Å². The highest BCUT2D eigenvalue weighted by molar-refractivity contribution is 5.91. The highest BCUT2D eigenvalue weighted by Crippen LogP contribution is 2.29. The summed E-state index contributed by atoms with van der Waals surface area (Å²) in [6.45, 7) is 0.289. The van der Waals surface area contributed by atoms with E-state index < -0.39 is 23.2 Å². The lowest BCUT2D eigenvalue weighted by Gasteiger charge is -2.11. The number of carbonyl (C=O) groups excluding carboxylic acids is 1. The minimum absolute atomic E-state index is 0.0438. The highest BCUT2D eigenvalue weighted by Gasteiger charge is 2.11. The van der Waals surface area contributed by atoms with Gasteiger partial charge in [-0.05, 0) is 24.3 Å². The predicted molar refractivity (Wildman–Crippen MR) is 87.6 cm³/mol. The molecule has 2 rings (SSSR count). The number of halogens is 2. The van der Waals surface area contributed by atoms with Gasteiger partial charge in [0.15, 0.2) is 11.5 Å². The summed E-state index contributed by atoms with van der Waals surface area (Å²) in [7, 11) is 3.06. The highest BCUT2D eigenvalue weighted by atomic mass is 19.1. The van der Waals surface area contributed by atoms with Crippen molar-refractivity contribution in [3.63, 3.8) is 0 Å². The summed E-state index contributed by atoms with van der Waals surface area (Å²) in [5, 5.41) is 5.26. The van der Waals surface area contributed by atoms with E-state index in [1.807, 2.05) is 0 Å². The van der Waals surface area contributed by atoms with Crippen LogP contribution in [0.2, 0.25) is 0 Å². The second-order valence-electron chi connectivity index (χ2n) is 4.89. The Morgan fingerprint density at radius 2 is 1.71 bits per heavy atom. The maximum absolute atomic E-state index is 13.5. The minimum Gasteiger partial charge on any atom is -0.493 e. The molecular weight excluding hydrogens is 318 g/mol. The molecule has 0 spiro atoms. The molecule has 24 heavy (non-hydrogen) atoms. The molecular formula is C17H18F2N2O3. The fraction of sp³-hybridized carbons (Fsp3) is 0.235. The molecule has 0 fully saturated rings. The Labute approximate surface area is 138 Å². The third-order valence-corrected chi connectivity index (χ3v) is 3.29. The maximum Gasteiger partial charge on any atom is 0.226 e. The summed E-state index contributed by atoms with van der Waals surface area (Å²) in [4.78, 5) is 11.8. The SMILES string of the molecule is COc1ccc(NCCC(=O)Nc2c(F)cccc2F)cc1OC. The van der Waals surface area contributed by atoms with Gasteiger partial charge in [-0.25, -0.2) is 8.78 Å². The zero-order valence-corrected chi connectivity index (χ0v) is 13.4. The number of nitrogens with one attached hydrogen (secondary N) is 2. The van der Waals surface area contributed by atoms with E-state index in [0.29, 0.717) is 11.5 Å². The van der Waals surface area contributed by atoms with E-state index in [-0.39, 0.29) is 13.0 Å². The van der Waals surface area contributed by atoms with E-state index in [1.165, 1.54) is 20.3 Å². The molecule has 0 aromatic heterocycles. The van der Waals surface area contributed by atoms with Gasteiger partial charge in [0.1, 0.15) is 17.3 Å². The van der Waals surface area contributed by atoms with Crippen LogP contribution in [0.3, 0.4) is 0 Å². The Kier molecular flexibility index (Phi) is 5.95. The van der Waals surface area contributed by atoms with Gasteiger partial charge in [-0.2, -0.15) is 0 Å². The van der Waals surface area contributed by atoms with Gasteiger partial charge in [0.05, 0.1) is 14.2 Å². The predicted octanol–water partition coefficient (Wildman–Crippen LogP) is 3.42. The standard InChI is InChI=1S/C17H18F2N2O3/c1-23-14-7-6-11(10-15(14)24-2)20-9-8-16(22)21-17-12(18)4-3-5-13(17)19/h3-7,10,20H,8-9H2,1-2H3,(H,21,22). The van der Waals surface area contributed by atoms with Gasteiger partial charge in [0, 0.05) is 24.7 Å². The average molecular weight is 336 g/mol. The summed E-state index contributed by atoms with van der Waals surface area (Å²) in [6.07, 6.45) is 0.0438. The van der Waals surface area contributed by atoms with Crippen LogP contribution in [0.15, 0.2) is 36.4 Å². The largest absolute Gasteiger partial charge is 0.493 e. The van der Waals surface area contributed by atoms with E-state index in [0.717, 1.165) is 17.8 Å². The van der Waals surface area contributed by atoms with Crippen LogP contribution in [0, 0.1) is 11.6 Å². The van der Waals surface area contributed by atoms with Crippen molar-refractivity contribution in [1.29, 1.82) is 0 Å². The van der Waals surface area contributed by atoms with E-state index >= 15 is 0 Å². The van der Waals surface area contributed by atoms with Crippen molar-refractivity contribution in [3.05, 3.63) is 48.0 Å². The smallest absolute Gasteiger partial charge is 0.226 e. The van der Waals surface area contributed by atoms with Crippen molar-refractivity contribution < 1.29 is 23.0 Å². The fourth-order valence-electron chi connectivity index (χ4n) is 2.09.